The number of nitrogens with zero attached hydrogens (tertiary/aromatic N) is 7. The third-order valence-electron chi connectivity index (χ3n) is 6.93. The third kappa shape index (κ3) is 4.66. The van der Waals surface area contributed by atoms with Gasteiger partial charge in [-0.1, -0.05) is 0 Å². The Labute approximate surface area is 223 Å². The van der Waals surface area contributed by atoms with E-state index >= 15 is 0 Å². The van der Waals surface area contributed by atoms with Gasteiger partial charge in [0.25, 0.3) is 6.02 Å². The van der Waals surface area contributed by atoms with E-state index < -0.39 is 0 Å². The maximum absolute atomic E-state index is 6.20. The average Bonchev–Trinajstić information content (AvgIpc) is 3.57. The molecule has 5 heterocycles. The number of nitrogens with one attached hydrogen (secondary N) is 2. The van der Waals surface area contributed by atoms with Crippen LogP contribution >= 0.6 is 0 Å². The first kappa shape index (κ1) is 23.3. The summed E-state index contributed by atoms with van der Waals surface area (Å²) in [5.74, 6) is 1.82. The summed E-state index contributed by atoms with van der Waals surface area (Å²) in [6, 6.07) is 14.0. The number of hydrogen-bond acceptors (Lipinski definition) is 11. The summed E-state index contributed by atoms with van der Waals surface area (Å²) in [4.78, 5) is 17.8. The number of aryl methyl sites for hydroxylation is 1. The van der Waals surface area contributed by atoms with Crippen molar-refractivity contribution in [2.24, 2.45) is 4.99 Å². The number of aliphatic imine (C=N–C) groups is 1. The first-order valence-electron chi connectivity index (χ1n) is 12.7. The minimum Gasteiger partial charge on any atom is -0.456 e. The molecule has 12 heteroatoms. The Kier molecular flexibility index (Phi) is 5.66. The van der Waals surface area contributed by atoms with Crippen molar-refractivity contribution in [2.45, 2.75) is 25.4 Å². The number of aromatic nitrogens is 6. The maximum atomic E-state index is 6.20. The molecule has 0 aliphatic carbocycles. The Bertz CT molecular complexity index is 1710. The summed E-state index contributed by atoms with van der Waals surface area (Å²) in [6.07, 6.45) is 6.45. The summed E-state index contributed by atoms with van der Waals surface area (Å²) in [5, 5.41) is 15.5. The van der Waals surface area contributed by atoms with Gasteiger partial charge in [0, 0.05) is 35.7 Å². The van der Waals surface area contributed by atoms with Crippen LogP contribution in [0.3, 0.4) is 0 Å². The normalized spacial score (nSPS) is 16.3. The van der Waals surface area contributed by atoms with Crippen molar-refractivity contribution < 1.29 is 14.2 Å². The highest BCUT2D eigenvalue weighted by molar-refractivity contribution is 5.97. The first-order chi connectivity index (χ1) is 19.1. The third-order valence-corrected chi connectivity index (χ3v) is 6.93. The highest BCUT2D eigenvalue weighted by Crippen LogP contribution is 2.32. The summed E-state index contributed by atoms with van der Waals surface area (Å²) in [6.45, 7) is 4.02. The number of fused-ring (bicyclic) bond motifs is 2. The van der Waals surface area contributed by atoms with Crippen molar-refractivity contribution in [3.05, 3.63) is 67.0 Å². The molecule has 0 saturated carbocycles. The van der Waals surface area contributed by atoms with Crippen molar-refractivity contribution in [3.8, 4) is 11.6 Å². The van der Waals surface area contributed by atoms with Gasteiger partial charge in [-0.25, -0.2) is 19.9 Å². The molecule has 0 amide bonds. The fraction of sp³-hybridized carbons (Fsp3) is 0.259. The lowest BCUT2D eigenvalue weighted by Crippen LogP contribution is -2.40. The number of benzene rings is 2. The van der Waals surface area contributed by atoms with Gasteiger partial charge >= 0.3 is 0 Å². The zero-order chi connectivity index (χ0) is 26.2. The van der Waals surface area contributed by atoms with Gasteiger partial charge in [-0.2, -0.15) is 0 Å². The van der Waals surface area contributed by atoms with Crippen LogP contribution in [0.15, 0.2) is 66.4 Å². The predicted octanol–water partition coefficient (Wildman–Crippen LogP) is 4.26. The van der Waals surface area contributed by atoms with Crippen molar-refractivity contribution in [1.82, 2.24) is 29.5 Å². The predicted molar refractivity (Wildman–Crippen MR) is 145 cm³/mol. The number of hydrogen-bond donors (Lipinski definition) is 2. The SMILES string of the molecule is Cc1cc(Nc2ncnc3ccc(NC4=NCC5(CCOCC5)O4)cc23)ccc1Oc1cc2nncn2cn1. The molecule has 2 aliphatic rings. The van der Waals surface area contributed by atoms with E-state index in [1.54, 1.807) is 29.4 Å². The van der Waals surface area contributed by atoms with Crippen LogP contribution in [-0.2, 0) is 9.47 Å². The Morgan fingerprint density at radius 1 is 0.949 bits per heavy atom. The molecule has 2 aliphatic heterocycles. The van der Waals surface area contributed by atoms with Crippen LogP contribution in [0, 0.1) is 6.92 Å². The number of rotatable bonds is 5. The lowest BCUT2D eigenvalue weighted by Gasteiger charge is -2.31. The van der Waals surface area contributed by atoms with Crippen LogP contribution in [-0.4, -0.2) is 60.9 Å². The van der Waals surface area contributed by atoms with Gasteiger partial charge in [0.05, 0.1) is 25.3 Å². The van der Waals surface area contributed by atoms with E-state index in [4.69, 9.17) is 14.2 Å². The minimum absolute atomic E-state index is 0.250. The monoisotopic (exact) mass is 523 g/mol. The molecule has 1 fully saturated rings. The van der Waals surface area contributed by atoms with E-state index in [0.29, 0.717) is 48.9 Å². The molecule has 0 atom stereocenters. The molecule has 0 radical (unpaired) electrons. The van der Waals surface area contributed by atoms with Gasteiger partial charge in [-0.05, 0) is 48.9 Å². The largest absolute Gasteiger partial charge is 0.456 e. The van der Waals surface area contributed by atoms with Crippen molar-refractivity contribution >= 4 is 39.8 Å². The first-order valence-corrected chi connectivity index (χ1v) is 12.7. The lowest BCUT2D eigenvalue weighted by molar-refractivity contribution is -0.0361. The molecule has 12 nitrogen and oxygen atoms in total. The summed E-state index contributed by atoms with van der Waals surface area (Å²) < 4.78 is 19.4. The second kappa shape index (κ2) is 9.48. The molecule has 5 aromatic rings. The van der Waals surface area contributed by atoms with E-state index in [1.165, 1.54) is 0 Å². The van der Waals surface area contributed by atoms with Crippen LogP contribution in [0.25, 0.3) is 16.6 Å². The molecule has 7 rings (SSSR count). The number of anilines is 3. The Morgan fingerprint density at radius 2 is 1.82 bits per heavy atom. The Balaban J connectivity index is 1.09. The van der Waals surface area contributed by atoms with E-state index in [-0.39, 0.29) is 5.60 Å². The van der Waals surface area contributed by atoms with Crippen LogP contribution < -0.4 is 15.4 Å². The molecule has 39 heavy (non-hydrogen) atoms. The molecule has 196 valence electrons. The van der Waals surface area contributed by atoms with Gasteiger partial charge in [0.2, 0.25) is 5.88 Å². The molecule has 2 N–H and O–H groups in total. The maximum Gasteiger partial charge on any atom is 0.289 e. The summed E-state index contributed by atoms with van der Waals surface area (Å²) >= 11 is 0. The van der Waals surface area contributed by atoms with E-state index in [2.05, 4.69) is 40.8 Å². The molecule has 0 bridgehead atoms. The molecule has 1 spiro atoms. The molecule has 0 unspecified atom stereocenters. The van der Waals surface area contributed by atoms with Gasteiger partial charge < -0.3 is 24.8 Å². The number of amidine groups is 1. The molecular formula is C27H25N9O3. The summed E-state index contributed by atoms with van der Waals surface area (Å²) in [7, 11) is 0. The van der Waals surface area contributed by atoms with Crippen LogP contribution in [0.4, 0.5) is 17.2 Å². The molecule has 2 aromatic carbocycles. The molecular weight excluding hydrogens is 498 g/mol. The zero-order valence-electron chi connectivity index (χ0n) is 21.2. The van der Waals surface area contributed by atoms with Gasteiger partial charge in [0.15, 0.2) is 5.65 Å². The van der Waals surface area contributed by atoms with Crippen LogP contribution in [0.2, 0.25) is 0 Å². The van der Waals surface area contributed by atoms with Crippen molar-refractivity contribution in [1.29, 1.82) is 0 Å². The van der Waals surface area contributed by atoms with Crippen LogP contribution in [0.1, 0.15) is 18.4 Å². The fourth-order valence-electron chi connectivity index (χ4n) is 4.77. The smallest absolute Gasteiger partial charge is 0.289 e. The highest BCUT2D eigenvalue weighted by atomic mass is 16.5. The Morgan fingerprint density at radius 3 is 2.72 bits per heavy atom. The van der Waals surface area contributed by atoms with E-state index in [9.17, 15) is 0 Å². The van der Waals surface area contributed by atoms with Crippen LogP contribution in [0.5, 0.6) is 11.6 Å². The van der Waals surface area contributed by atoms with E-state index in [1.807, 2.05) is 43.3 Å². The van der Waals surface area contributed by atoms with Gasteiger partial charge in [-0.3, -0.25) is 4.40 Å². The molecule has 3 aromatic heterocycles. The highest BCUT2D eigenvalue weighted by Gasteiger charge is 2.39. The topological polar surface area (TPSA) is 133 Å². The quantitative estimate of drug-likeness (QED) is 0.344. The second-order valence-electron chi connectivity index (χ2n) is 9.63. The summed E-state index contributed by atoms with van der Waals surface area (Å²) in [5.41, 5.74) is 3.88. The second-order valence-corrected chi connectivity index (χ2v) is 9.63. The number of ether oxygens (including phenoxy) is 3. The standard InChI is InChI=1S/C27H25N9O3/c1-17-10-18(3-5-22(17)38-24-12-23-35-32-16-36(23)15-31-24)33-25-20-11-19(2-4-21(20)29-14-30-25)34-26-28-13-27(39-26)6-8-37-9-7-27/h2-5,10-12,14-16H,6-9,13H2,1H3,(H,28,34)(H,29,30,33). The lowest BCUT2D eigenvalue weighted by atomic mass is 9.95. The minimum atomic E-state index is -0.250. The van der Waals surface area contributed by atoms with Gasteiger partial charge in [0.1, 0.15) is 36.2 Å². The van der Waals surface area contributed by atoms with Crippen molar-refractivity contribution in [2.75, 3.05) is 30.4 Å². The fourth-order valence-corrected chi connectivity index (χ4v) is 4.77. The zero-order valence-corrected chi connectivity index (χ0v) is 21.2. The van der Waals surface area contributed by atoms with Crippen molar-refractivity contribution in [3.63, 3.8) is 0 Å². The van der Waals surface area contributed by atoms with Gasteiger partial charge in [-0.15, -0.1) is 10.2 Å². The molecule has 1 saturated heterocycles. The Hall–Kier alpha value is -4.84. The van der Waals surface area contributed by atoms with E-state index in [0.717, 1.165) is 40.7 Å². The average molecular weight is 524 g/mol.